The first-order chi connectivity index (χ1) is 8.56. The highest BCUT2D eigenvalue weighted by atomic mass is 32.1. The van der Waals surface area contributed by atoms with Crippen LogP contribution in [0.3, 0.4) is 0 Å². The molecular weight excluding hydrogens is 256 g/mol. The van der Waals surface area contributed by atoms with Gasteiger partial charge >= 0.3 is 17.5 Å². The van der Waals surface area contributed by atoms with Gasteiger partial charge in [0.1, 0.15) is 5.01 Å². The molecule has 94 valence electrons. The monoisotopic (exact) mass is 267 g/mol. The van der Waals surface area contributed by atoms with E-state index >= 15 is 0 Å². The number of aromatic amines is 1. The molecule has 0 atom stereocenters. The summed E-state index contributed by atoms with van der Waals surface area (Å²) in [5.41, 5.74) is 5.84. The third-order valence-electron chi connectivity index (χ3n) is 2.08. The van der Waals surface area contributed by atoms with Crippen molar-refractivity contribution in [2.45, 2.75) is 13.5 Å². The molecule has 0 bridgehead atoms. The van der Waals surface area contributed by atoms with Crippen LogP contribution in [-0.2, 0) is 11.3 Å². The first-order valence-corrected chi connectivity index (χ1v) is 5.94. The van der Waals surface area contributed by atoms with Crippen molar-refractivity contribution in [2.75, 3.05) is 0 Å². The van der Waals surface area contributed by atoms with Crippen molar-refractivity contribution in [1.29, 1.82) is 0 Å². The number of hydrogen-bond acceptors (Lipinski definition) is 5. The second kappa shape index (κ2) is 4.96. The molecule has 2 aromatic heterocycles. The maximum atomic E-state index is 10.9. The molecule has 2 heterocycles. The van der Waals surface area contributed by atoms with Gasteiger partial charge < -0.3 is 15.5 Å². The molecule has 0 aromatic carbocycles. The average molecular weight is 267 g/mol. The van der Waals surface area contributed by atoms with Gasteiger partial charge in [-0.15, -0.1) is 11.3 Å². The fraction of sp³-hybridized carbons (Fsp3) is 0.200. The van der Waals surface area contributed by atoms with Crippen LogP contribution in [-0.4, -0.2) is 16.8 Å². The van der Waals surface area contributed by atoms with Crippen LogP contribution in [0.4, 0.5) is 0 Å². The van der Waals surface area contributed by atoms with Gasteiger partial charge in [0.05, 0.1) is 6.54 Å². The highest BCUT2D eigenvalue weighted by Gasteiger charge is 2.20. The van der Waals surface area contributed by atoms with Gasteiger partial charge in [0.2, 0.25) is 5.91 Å². The third-order valence-corrected chi connectivity index (χ3v) is 2.93. The summed E-state index contributed by atoms with van der Waals surface area (Å²) in [6.45, 7) is 1.80. The van der Waals surface area contributed by atoms with Gasteiger partial charge in [0, 0.05) is 12.3 Å². The molecule has 0 fully saturated rings. The van der Waals surface area contributed by atoms with Crippen molar-refractivity contribution in [3.05, 3.63) is 22.3 Å². The molecule has 8 heteroatoms. The van der Waals surface area contributed by atoms with Crippen LogP contribution in [0.2, 0.25) is 0 Å². The molecule has 0 aliphatic heterocycles. The number of amides is 2. The number of nitrogens with one attached hydrogen (secondary N) is 2. The van der Waals surface area contributed by atoms with Crippen LogP contribution in [0.1, 0.15) is 22.4 Å². The SMILES string of the molecule is CC(=O)NCc1nc(-c2[nH+]c(C(N)=O)co2)cs1. The number of nitrogens with zero attached hydrogens (tertiary/aromatic N) is 1. The summed E-state index contributed by atoms with van der Waals surface area (Å²) in [5.74, 6) is -0.361. The summed E-state index contributed by atoms with van der Waals surface area (Å²) >= 11 is 1.38. The minimum absolute atomic E-state index is 0.118. The molecule has 2 rings (SSSR count). The molecule has 0 spiro atoms. The molecule has 4 N–H and O–H groups in total. The molecule has 0 saturated heterocycles. The number of carbonyl (C=O) groups excluding carboxylic acids is 2. The van der Waals surface area contributed by atoms with Gasteiger partial charge in [-0.3, -0.25) is 9.59 Å². The van der Waals surface area contributed by atoms with Crippen molar-refractivity contribution >= 4 is 23.2 Å². The Hall–Kier alpha value is -2.22. The van der Waals surface area contributed by atoms with E-state index in [2.05, 4.69) is 15.3 Å². The smallest absolute Gasteiger partial charge is 0.399 e. The second-order valence-electron chi connectivity index (χ2n) is 3.50. The van der Waals surface area contributed by atoms with Crippen molar-refractivity contribution in [3.63, 3.8) is 0 Å². The summed E-state index contributed by atoms with van der Waals surface area (Å²) in [4.78, 5) is 28.6. The molecule has 2 amide bonds. The Kier molecular flexibility index (Phi) is 3.38. The van der Waals surface area contributed by atoms with E-state index in [0.29, 0.717) is 18.1 Å². The Bertz CT molecular complexity index is 589. The lowest BCUT2D eigenvalue weighted by atomic mass is 10.4. The second-order valence-corrected chi connectivity index (χ2v) is 4.45. The largest absolute Gasteiger partial charge is 0.404 e. The van der Waals surface area contributed by atoms with Gasteiger partial charge in [-0.05, 0) is 0 Å². The predicted molar refractivity (Wildman–Crippen MR) is 62.4 cm³/mol. The van der Waals surface area contributed by atoms with Crippen molar-refractivity contribution in [1.82, 2.24) is 10.3 Å². The lowest BCUT2D eigenvalue weighted by Crippen LogP contribution is -2.21. The van der Waals surface area contributed by atoms with E-state index in [4.69, 9.17) is 10.2 Å². The maximum Gasteiger partial charge on any atom is 0.399 e. The van der Waals surface area contributed by atoms with E-state index in [1.807, 2.05) is 0 Å². The molecule has 0 saturated carbocycles. The Morgan fingerprint density at radius 2 is 2.39 bits per heavy atom. The molecule has 0 aliphatic rings. The van der Waals surface area contributed by atoms with Gasteiger partial charge in [-0.2, -0.15) is 4.98 Å². The minimum atomic E-state index is -0.598. The first-order valence-electron chi connectivity index (χ1n) is 5.06. The number of aromatic nitrogens is 2. The zero-order valence-electron chi connectivity index (χ0n) is 9.52. The number of rotatable bonds is 4. The zero-order valence-corrected chi connectivity index (χ0v) is 10.3. The average Bonchev–Trinajstić information content (AvgIpc) is 2.95. The number of nitrogens with two attached hydrogens (primary N) is 1. The quantitative estimate of drug-likeness (QED) is 0.808. The first kappa shape index (κ1) is 12.2. The van der Waals surface area contributed by atoms with Gasteiger partial charge in [0.15, 0.2) is 12.0 Å². The molecule has 0 unspecified atom stereocenters. The van der Waals surface area contributed by atoms with Crippen LogP contribution in [0, 0.1) is 0 Å². The van der Waals surface area contributed by atoms with Crippen molar-refractivity contribution in [2.24, 2.45) is 5.73 Å². The number of thiazole rings is 1. The number of hydrogen-bond donors (Lipinski definition) is 2. The van der Waals surface area contributed by atoms with E-state index in [0.717, 1.165) is 5.01 Å². The van der Waals surface area contributed by atoms with Crippen molar-refractivity contribution < 1.29 is 19.0 Å². The molecular formula is C10H11N4O3S+. The molecule has 18 heavy (non-hydrogen) atoms. The fourth-order valence-electron chi connectivity index (χ4n) is 1.24. The maximum absolute atomic E-state index is 10.9. The number of primary amides is 1. The number of oxazole rings is 1. The van der Waals surface area contributed by atoms with Crippen LogP contribution in [0.5, 0.6) is 0 Å². The van der Waals surface area contributed by atoms with Gasteiger partial charge in [-0.25, -0.2) is 4.98 Å². The van der Waals surface area contributed by atoms with E-state index < -0.39 is 5.91 Å². The van der Waals surface area contributed by atoms with E-state index in [9.17, 15) is 9.59 Å². The number of H-pyrrole nitrogens is 1. The highest BCUT2D eigenvalue weighted by molar-refractivity contribution is 7.09. The van der Waals surface area contributed by atoms with E-state index in [1.165, 1.54) is 24.5 Å². The van der Waals surface area contributed by atoms with E-state index in [-0.39, 0.29) is 11.6 Å². The molecule has 2 aromatic rings. The Morgan fingerprint density at radius 1 is 1.61 bits per heavy atom. The Balaban J connectivity index is 2.13. The van der Waals surface area contributed by atoms with Crippen LogP contribution in [0.25, 0.3) is 11.6 Å². The standard InChI is InChI=1S/C10H10N4O3S/c1-5(15)12-2-8-13-7(4-18-8)10-14-6(3-17-10)9(11)16/h3-4H,2H2,1H3,(H2,11,16)(H,12,15)/p+1. The van der Waals surface area contributed by atoms with Crippen LogP contribution in [0.15, 0.2) is 16.1 Å². The summed E-state index contributed by atoms with van der Waals surface area (Å²) in [6, 6.07) is 0. The lowest BCUT2D eigenvalue weighted by molar-refractivity contribution is -0.372. The summed E-state index contributed by atoms with van der Waals surface area (Å²) in [7, 11) is 0. The third kappa shape index (κ3) is 2.72. The summed E-state index contributed by atoms with van der Waals surface area (Å²) in [6.07, 6.45) is 1.24. The topological polar surface area (TPSA) is 112 Å². The number of carbonyl (C=O) groups is 2. The normalized spacial score (nSPS) is 10.3. The summed E-state index contributed by atoms with van der Waals surface area (Å²) < 4.78 is 5.15. The van der Waals surface area contributed by atoms with Gasteiger partial charge in [-0.1, -0.05) is 0 Å². The lowest BCUT2D eigenvalue weighted by Gasteiger charge is -1.95. The van der Waals surface area contributed by atoms with E-state index in [1.54, 1.807) is 5.38 Å². The van der Waals surface area contributed by atoms with Crippen LogP contribution < -0.4 is 16.0 Å². The van der Waals surface area contributed by atoms with Crippen molar-refractivity contribution in [3.8, 4) is 11.6 Å². The minimum Gasteiger partial charge on any atom is -0.404 e. The Morgan fingerprint density at radius 3 is 3.00 bits per heavy atom. The molecule has 0 aliphatic carbocycles. The molecule has 0 radical (unpaired) electrons. The Labute approximate surface area is 106 Å². The zero-order chi connectivity index (χ0) is 13.1. The summed E-state index contributed by atoms with van der Waals surface area (Å²) in [5, 5.41) is 5.15. The van der Waals surface area contributed by atoms with Gasteiger partial charge in [0.25, 0.3) is 0 Å². The fourth-order valence-corrected chi connectivity index (χ4v) is 1.95. The van der Waals surface area contributed by atoms with Crippen LogP contribution >= 0.6 is 11.3 Å². The molecule has 7 nitrogen and oxygen atoms in total. The highest BCUT2D eigenvalue weighted by Crippen LogP contribution is 2.18. The predicted octanol–water partition coefficient (Wildman–Crippen LogP) is -0.0478.